The Bertz CT molecular complexity index is 606. The van der Waals surface area contributed by atoms with Crippen LogP contribution in [0, 0.1) is 0 Å². The summed E-state index contributed by atoms with van der Waals surface area (Å²) in [4.78, 5) is 0. The Hall–Kier alpha value is -2.16. The third-order valence-corrected chi connectivity index (χ3v) is 3.79. The zero-order chi connectivity index (χ0) is 16.7. The minimum absolute atomic E-state index is 0.552. The van der Waals surface area contributed by atoms with Crippen molar-refractivity contribution < 1.29 is 9.47 Å². The van der Waals surface area contributed by atoms with Gasteiger partial charge in [-0.3, -0.25) is 0 Å². The molecule has 0 aliphatic carbocycles. The van der Waals surface area contributed by atoms with Crippen LogP contribution in [0.5, 0.6) is 11.5 Å². The molecule has 0 saturated heterocycles. The van der Waals surface area contributed by atoms with Crippen LogP contribution >= 0.6 is 0 Å². The van der Waals surface area contributed by atoms with Crippen molar-refractivity contribution in [2.24, 2.45) is 0 Å². The Kier molecular flexibility index (Phi) is 6.33. The predicted octanol–water partition coefficient (Wildman–Crippen LogP) is 5.22. The molecular weight excluding hydrogens is 286 g/mol. The van der Waals surface area contributed by atoms with E-state index in [1.54, 1.807) is 7.11 Å². The minimum atomic E-state index is 0.552. The van der Waals surface area contributed by atoms with Crippen molar-refractivity contribution in [2.75, 3.05) is 19.0 Å². The van der Waals surface area contributed by atoms with E-state index >= 15 is 0 Å². The SMILES string of the molecule is CCCOc1c(CNc2ccc(C(C)C)cc2)cccc1OC. The van der Waals surface area contributed by atoms with E-state index in [1.807, 2.05) is 12.1 Å². The summed E-state index contributed by atoms with van der Waals surface area (Å²) < 4.78 is 11.3. The zero-order valence-corrected chi connectivity index (χ0v) is 14.6. The van der Waals surface area contributed by atoms with Crippen LogP contribution in [0.1, 0.15) is 44.2 Å². The average molecular weight is 313 g/mol. The second-order valence-corrected chi connectivity index (χ2v) is 5.93. The zero-order valence-electron chi connectivity index (χ0n) is 14.6. The van der Waals surface area contributed by atoms with Crippen molar-refractivity contribution in [3.05, 3.63) is 53.6 Å². The van der Waals surface area contributed by atoms with Gasteiger partial charge in [-0.1, -0.05) is 45.0 Å². The topological polar surface area (TPSA) is 30.5 Å². The van der Waals surface area contributed by atoms with E-state index in [1.165, 1.54) is 5.56 Å². The van der Waals surface area contributed by atoms with E-state index in [0.717, 1.165) is 29.2 Å². The lowest BCUT2D eigenvalue weighted by molar-refractivity contribution is 0.291. The first-order chi connectivity index (χ1) is 11.2. The third-order valence-electron chi connectivity index (χ3n) is 3.79. The number of benzene rings is 2. The van der Waals surface area contributed by atoms with Gasteiger partial charge in [0, 0.05) is 17.8 Å². The van der Waals surface area contributed by atoms with E-state index < -0.39 is 0 Å². The largest absolute Gasteiger partial charge is 0.493 e. The first kappa shape index (κ1) is 17.2. The number of methoxy groups -OCH3 is 1. The normalized spacial score (nSPS) is 10.7. The van der Waals surface area contributed by atoms with Crippen LogP contribution < -0.4 is 14.8 Å². The standard InChI is InChI=1S/C20H27NO2/c1-5-13-23-20-17(7-6-8-19(20)22-4)14-21-18-11-9-16(10-12-18)15(2)3/h6-12,15,21H,5,13-14H2,1-4H3. The second-order valence-electron chi connectivity index (χ2n) is 5.93. The number of rotatable bonds is 8. The first-order valence-electron chi connectivity index (χ1n) is 8.28. The van der Waals surface area contributed by atoms with Gasteiger partial charge in [0.25, 0.3) is 0 Å². The van der Waals surface area contributed by atoms with Crippen molar-refractivity contribution in [1.29, 1.82) is 0 Å². The maximum absolute atomic E-state index is 5.88. The number of hydrogen-bond donors (Lipinski definition) is 1. The molecule has 2 aromatic rings. The van der Waals surface area contributed by atoms with Crippen molar-refractivity contribution in [3.63, 3.8) is 0 Å². The van der Waals surface area contributed by atoms with Crippen LogP contribution in [0.25, 0.3) is 0 Å². The maximum atomic E-state index is 5.88. The molecule has 23 heavy (non-hydrogen) atoms. The van der Waals surface area contributed by atoms with Gasteiger partial charge in [-0.05, 0) is 36.1 Å². The monoisotopic (exact) mass is 313 g/mol. The summed E-state index contributed by atoms with van der Waals surface area (Å²) in [6.45, 7) is 7.91. The van der Waals surface area contributed by atoms with E-state index in [4.69, 9.17) is 9.47 Å². The highest BCUT2D eigenvalue weighted by atomic mass is 16.5. The van der Waals surface area contributed by atoms with Gasteiger partial charge in [0.05, 0.1) is 13.7 Å². The van der Waals surface area contributed by atoms with E-state index in [-0.39, 0.29) is 0 Å². The van der Waals surface area contributed by atoms with Gasteiger partial charge in [-0.15, -0.1) is 0 Å². The molecule has 0 spiro atoms. The lowest BCUT2D eigenvalue weighted by Crippen LogP contribution is -2.05. The van der Waals surface area contributed by atoms with Gasteiger partial charge < -0.3 is 14.8 Å². The molecule has 0 aliphatic heterocycles. The quantitative estimate of drug-likeness (QED) is 0.725. The van der Waals surface area contributed by atoms with Gasteiger partial charge in [-0.2, -0.15) is 0 Å². The summed E-state index contributed by atoms with van der Waals surface area (Å²) in [5.41, 5.74) is 3.56. The summed E-state index contributed by atoms with van der Waals surface area (Å²) in [5, 5.41) is 3.46. The smallest absolute Gasteiger partial charge is 0.166 e. The van der Waals surface area contributed by atoms with Crippen molar-refractivity contribution in [2.45, 2.75) is 39.7 Å². The van der Waals surface area contributed by atoms with Gasteiger partial charge in [0.15, 0.2) is 11.5 Å². The number of para-hydroxylation sites is 1. The molecule has 0 heterocycles. The summed E-state index contributed by atoms with van der Waals surface area (Å²) in [7, 11) is 1.68. The fraction of sp³-hybridized carbons (Fsp3) is 0.400. The molecule has 0 unspecified atom stereocenters. The second kappa shape index (κ2) is 8.47. The molecule has 2 aromatic carbocycles. The van der Waals surface area contributed by atoms with Crippen LogP contribution in [0.15, 0.2) is 42.5 Å². The molecule has 1 N–H and O–H groups in total. The molecule has 0 aliphatic rings. The van der Waals surface area contributed by atoms with Gasteiger partial charge >= 0.3 is 0 Å². The molecule has 2 rings (SSSR count). The van der Waals surface area contributed by atoms with Crippen LogP contribution in [0.2, 0.25) is 0 Å². The molecule has 0 atom stereocenters. The molecule has 124 valence electrons. The fourth-order valence-corrected chi connectivity index (χ4v) is 2.41. The fourth-order valence-electron chi connectivity index (χ4n) is 2.41. The number of ether oxygens (including phenoxy) is 2. The van der Waals surface area contributed by atoms with Crippen molar-refractivity contribution in [3.8, 4) is 11.5 Å². The maximum Gasteiger partial charge on any atom is 0.166 e. The molecule has 0 radical (unpaired) electrons. The Balaban J connectivity index is 2.10. The number of nitrogens with one attached hydrogen (secondary N) is 1. The van der Waals surface area contributed by atoms with Crippen LogP contribution in [-0.2, 0) is 6.54 Å². The van der Waals surface area contributed by atoms with E-state index in [9.17, 15) is 0 Å². The summed E-state index contributed by atoms with van der Waals surface area (Å²) >= 11 is 0. The Morgan fingerprint density at radius 3 is 2.39 bits per heavy atom. The van der Waals surface area contributed by atoms with Gasteiger partial charge in [-0.25, -0.2) is 0 Å². The van der Waals surface area contributed by atoms with Crippen LogP contribution in [-0.4, -0.2) is 13.7 Å². The van der Waals surface area contributed by atoms with E-state index in [2.05, 4.69) is 56.4 Å². The molecule has 0 fully saturated rings. The molecule has 3 nitrogen and oxygen atoms in total. The predicted molar refractivity (Wildman–Crippen MR) is 96.6 cm³/mol. The van der Waals surface area contributed by atoms with Crippen molar-refractivity contribution >= 4 is 5.69 Å². The Morgan fingerprint density at radius 1 is 1.04 bits per heavy atom. The highest BCUT2D eigenvalue weighted by molar-refractivity contribution is 5.50. The Labute approximate surface area is 139 Å². The lowest BCUT2D eigenvalue weighted by Gasteiger charge is -2.16. The molecule has 0 bridgehead atoms. The van der Waals surface area contributed by atoms with Gasteiger partial charge in [0.1, 0.15) is 0 Å². The minimum Gasteiger partial charge on any atom is -0.493 e. The first-order valence-corrected chi connectivity index (χ1v) is 8.28. The summed E-state index contributed by atoms with van der Waals surface area (Å²) in [5.74, 6) is 2.17. The summed E-state index contributed by atoms with van der Waals surface area (Å²) in [6, 6.07) is 14.6. The molecule has 0 saturated carbocycles. The molecule has 0 amide bonds. The highest BCUT2D eigenvalue weighted by Crippen LogP contribution is 2.31. The van der Waals surface area contributed by atoms with Crippen LogP contribution in [0.4, 0.5) is 5.69 Å². The third kappa shape index (κ3) is 4.65. The lowest BCUT2D eigenvalue weighted by atomic mass is 10.0. The average Bonchev–Trinajstić information content (AvgIpc) is 2.58. The van der Waals surface area contributed by atoms with Crippen molar-refractivity contribution in [1.82, 2.24) is 0 Å². The number of hydrogen-bond acceptors (Lipinski definition) is 3. The molecular formula is C20H27NO2. The summed E-state index contributed by atoms with van der Waals surface area (Å²) in [6.07, 6.45) is 0.974. The number of anilines is 1. The highest BCUT2D eigenvalue weighted by Gasteiger charge is 2.10. The van der Waals surface area contributed by atoms with E-state index in [0.29, 0.717) is 19.1 Å². The molecule has 3 heteroatoms. The molecule has 0 aromatic heterocycles. The Morgan fingerprint density at radius 2 is 1.78 bits per heavy atom. The van der Waals surface area contributed by atoms with Gasteiger partial charge in [0.2, 0.25) is 0 Å². The van der Waals surface area contributed by atoms with Crippen LogP contribution in [0.3, 0.4) is 0 Å².